The summed E-state index contributed by atoms with van der Waals surface area (Å²) in [7, 11) is 0. The van der Waals surface area contributed by atoms with E-state index in [-0.39, 0.29) is 26.4 Å². The highest BCUT2D eigenvalue weighted by Gasteiger charge is 2.31. The van der Waals surface area contributed by atoms with Crippen molar-refractivity contribution in [2.45, 2.75) is 6.18 Å². The van der Waals surface area contributed by atoms with E-state index < -0.39 is 11.7 Å². The van der Waals surface area contributed by atoms with Crippen molar-refractivity contribution in [3.8, 4) is 11.1 Å². The molecule has 0 aliphatic heterocycles. The minimum Gasteiger partial charge on any atom is -0.383 e. The lowest BCUT2D eigenvalue weighted by Gasteiger charge is -2.11. The molecule has 2 nitrogen and oxygen atoms in total. The molecule has 2 rings (SSSR count). The maximum Gasteiger partial charge on any atom is 0.417 e. The highest BCUT2D eigenvalue weighted by Crippen LogP contribution is 2.38. The summed E-state index contributed by atoms with van der Waals surface area (Å²) >= 11 is 17.5. The number of nitrogen functional groups attached to an aromatic ring is 1. The Morgan fingerprint density at radius 3 is 2.05 bits per heavy atom. The van der Waals surface area contributed by atoms with Crippen LogP contribution in [0.3, 0.4) is 0 Å². The van der Waals surface area contributed by atoms with Crippen molar-refractivity contribution in [1.82, 2.24) is 4.98 Å². The van der Waals surface area contributed by atoms with Gasteiger partial charge in [0.05, 0.1) is 20.6 Å². The smallest absolute Gasteiger partial charge is 0.383 e. The summed E-state index contributed by atoms with van der Waals surface area (Å²) in [6.45, 7) is 0. The molecule has 0 radical (unpaired) electrons. The van der Waals surface area contributed by atoms with Gasteiger partial charge in [0.25, 0.3) is 0 Å². The normalized spacial score (nSPS) is 11.7. The molecule has 0 saturated carbocycles. The third-order valence-electron chi connectivity index (χ3n) is 2.54. The van der Waals surface area contributed by atoms with Gasteiger partial charge in [-0.15, -0.1) is 0 Å². The Balaban J connectivity index is 2.63. The average molecular weight is 342 g/mol. The highest BCUT2D eigenvalue weighted by molar-refractivity contribution is 6.48. The zero-order valence-electron chi connectivity index (χ0n) is 9.60. The number of nitrogens with two attached hydrogens (primary N) is 1. The molecule has 0 bridgehead atoms. The predicted molar refractivity (Wildman–Crippen MR) is 74.1 cm³/mol. The van der Waals surface area contributed by atoms with Crippen LogP contribution in [-0.2, 0) is 6.18 Å². The molecule has 0 aliphatic carbocycles. The summed E-state index contributed by atoms with van der Waals surface area (Å²) in [6.07, 6.45) is -3.85. The lowest BCUT2D eigenvalue weighted by Crippen LogP contribution is -2.07. The number of benzene rings is 1. The number of halogens is 6. The van der Waals surface area contributed by atoms with Crippen molar-refractivity contribution < 1.29 is 13.2 Å². The van der Waals surface area contributed by atoms with Gasteiger partial charge in [-0.05, 0) is 23.8 Å². The largest absolute Gasteiger partial charge is 0.417 e. The van der Waals surface area contributed by atoms with E-state index in [4.69, 9.17) is 40.5 Å². The minimum absolute atomic E-state index is 0.0625. The summed E-state index contributed by atoms with van der Waals surface area (Å²) in [5, 5.41) is 0.354. The first-order valence-corrected chi connectivity index (χ1v) is 6.31. The number of hydrogen-bond acceptors (Lipinski definition) is 2. The van der Waals surface area contributed by atoms with Gasteiger partial charge in [-0.25, -0.2) is 4.98 Å². The van der Waals surface area contributed by atoms with Crippen LogP contribution in [0.15, 0.2) is 24.4 Å². The second kappa shape index (κ2) is 5.31. The standard InChI is InChI=1S/C12H6Cl3F3N2/c13-8-1-5(2-9(14)10(8)15)7-3-6(12(16,17)18)4-20-11(7)19/h1-4H,(H2,19,20). The molecule has 0 unspecified atom stereocenters. The van der Waals surface area contributed by atoms with Crippen molar-refractivity contribution in [3.63, 3.8) is 0 Å². The van der Waals surface area contributed by atoms with Crippen LogP contribution < -0.4 is 5.73 Å². The van der Waals surface area contributed by atoms with Crippen molar-refractivity contribution >= 4 is 40.6 Å². The van der Waals surface area contributed by atoms with Gasteiger partial charge in [-0.2, -0.15) is 13.2 Å². The fourth-order valence-corrected chi connectivity index (χ4v) is 2.17. The van der Waals surface area contributed by atoms with Crippen LogP contribution >= 0.6 is 34.8 Å². The molecular weight excluding hydrogens is 335 g/mol. The third kappa shape index (κ3) is 2.95. The molecule has 0 spiro atoms. The zero-order valence-corrected chi connectivity index (χ0v) is 11.9. The van der Waals surface area contributed by atoms with E-state index in [2.05, 4.69) is 4.98 Å². The molecule has 8 heteroatoms. The molecule has 0 amide bonds. The molecule has 1 heterocycles. The topological polar surface area (TPSA) is 38.9 Å². The van der Waals surface area contributed by atoms with Crippen LogP contribution in [0.1, 0.15) is 5.56 Å². The van der Waals surface area contributed by atoms with Gasteiger partial charge in [0.15, 0.2) is 0 Å². The van der Waals surface area contributed by atoms with Crippen molar-refractivity contribution in [2.24, 2.45) is 0 Å². The van der Waals surface area contributed by atoms with Gasteiger partial charge in [0.2, 0.25) is 0 Å². The second-order valence-electron chi connectivity index (χ2n) is 3.91. The number of pyridine rings is 1. The monoisotopic (exact) mass is 340 g/mol. The summed E-state index contributed by atoms with van der Waals surface area (Å²) < 4.78 is 38.1. The fourth-order valence-electron chi connectivity index (χ4n) is 1.57. The number of rotatable bonds is 1. The zero-order chi connectivity index (χ0) is 15.1. The molecule has 106 valence electrons. The maximum atomic E-state index is 12.7. The Kier molecular flexibility index (Phi) is 4.04. The Bertz CT molecular complexity index is 648. The van der Waals surface area contributed by atoms with Gasteiger partial charge in [-0.1, -0.05) is 34.8 Å². The molecule has 0 atom stereocenters. The van der Waals surface area contributed by atoms with E-state index in [1.54, 1.807) is 0 Å². The van der Waals surface area contributed by atoms with E-state index in [9.17, 15) is 13.2 Å². The van der Waals surface area contributed by atoms with Gasteiger partial charge >= 0.3 is 6.18 Å². The summed E-state index contributed by atoms with van der Waals surface area (Å²) in [4.78, 5) is 3.54. The molecule has 1 aromatic carbocycles. The van der Waals surface area contributed by atoms with E-state index >= 15 is 0 Å². The van der Waals surface area contributed by atoms with Gasteiger partial charge in [0, 0.05) is 11.8 Å². The number of aromatic nitrogens is 1. The Hall–Kier alpha value is -1.17. The first-order valence-electron chi connectivity index (χ1n) is 5.18. The average Bonchev–Trinajstić information content (AvgIpc) is 2.34. The van der Waals surface area contributed by atoms with Gasteiger partial charge in [-0.3, -0.25) is 0 Å². The Morgan fingerprint density at radius 2 is 1.55 bits per heavy atom. The summed E-state index contributed by atoms with van der Waals surface area (Å²) in [5.41, 5.74) is 5.08. The van der Waals surface area contributed by atoms with Crippen LogP contribution in [0.5, 0.6) is 0 Å². The highest BCUT2D eigenvalue weighted by atomic mass is 35.5. The molecule has 20 heavy (non-hydrogen) atoms. The molecule has 0 fully saturated rings. The first kappa shape index (κ1) is 15.2. The van der Waals surface area contributed by atoms with Crippen LogP contribution in [0.4, 0.5) is 19.0 Å². The van der Waals surface area contributed by atoms with Crippen molar-refractivity contribution in [2.75, 3.05) is 5.73 Å². The van der Waals surface area contributed by atoms with Crippen LogP contribution in [0.2, 0.25) is 15.1 Å². The third-order valence-corrected chi connectivity index (χ3v) is 3.74. The second-order valence-corrected chi connectivity index (χ2v) is 5.10. The first-order chi connectivity index (χ1) is 9.20. The number of anilines is 1. The fraction of sp³-hybridized carbons (Fsp3) is 0.0833. The van der Waals surface area contributed by atoms with E-state index in [1.807, 2.05) is 0 Å². The van der Waals surface area contributed by atoms with E-state index in [1.165, 1.54) is 12.1 Å². The summed E-state index contributed by atoms with van der Waals surface area (Å²) in [6, 6.07) is 3.64. The predicted octanol–water partition coefficient (Wildman–Crippen LogP) is 5.31. The van der Waals surface area contributed by atoms with Crippen LogP contribution in [0.25, 0.3) is 11.1 Å². The molecule has 2 N–H and O–H groups in total. The quantitative estimate of drug-likeness (QED) is 0.714. The number of alkyl halides is 3. The van der Waals surface area contributed by atoms with Crippen molar-refractivity contribution in [1.29, 1.82) is 0 Å². The van der Waals surface area contributed by atoms with Crippen molar-refractivity contribution in [3.05, 3.63) is 45.0 Å². The van der Waals surface area contributed by atoms with Gasteiger partial charge in [0.1, 0.15) is 5.82 Å². The lowest BCUT2D eigenvalue weighted by atomic mass is 10.0. The molecule has 0 aliphatic rings. The SMILES string of the molecule is Nc1ncc(C(F)(F)F)cc1-c1cc(Cl)c(Cl)c(Cl)c1. The lowest BCUT2D eigenvalue weighted by molar-refractivity contribution is -0.137. The molecule has 1 aromatic heterocycles. The molecule has 0 saturated heterocycles. The Morgan fingerprint density at radius 1 is 1.00 bits per heavy atom. The summed E-state index contributed by atoms with van der Waals surface area (Å²) in [5.74, 6) is -0.0625. The van der Waals surface area contributed by atoms with E-state index in [0.717, 1.165) is 6.07 Å². The minimum atomic E-state index is -4.52. The number of hydrogen-bond donors (Lipinski definition) is 1. The van der Waals surface area contributed by atoms with E-state index in [0.29, 0.717) is 11.8 Å². The number of nitrogens with zero attached hydrogens (tertiary/aromatic N) is 1. The molecule has 2 aromatic rings. The van der Waals surface area contributed by atoms with Crippen LogP contribution in [0, 0.1) is 0 Å². The molecular formula is C12H6Cl3F3N2. The van der Waals surface area contributed by atoms with Gasteiger partial charge < -0.3 is 5.73 Å². The Labute approximate surface area is 127 Å². The maximum absolute atomic E-state index is 12.7. The van der Waals surface area contributed by atoms with Crippen LogP contribution in [-0.4, -0.2) is 4.98 Å².